The van der Waals surface area contributed by atoms with Crippen LogP contribution in [0.1, 0.15) is 59.9 Å². The van der Waals surface area contributed by atoms with Crippen molar-refractivity contribution in [1.82, 2.24) is 10.2 Å². The SMILES string of the molecule is Cc1ccc(CN(C(=O)CN(c2c(C)cccc2C)S(C)(=O)=O)C(Cc2ccccc2)C(=O)NC2CCCCC2)cc1. The van der Waals surface area contributed by atoms with E-state index < -0.39 is 28.5 Å². The molecule has 1 atom stereocenters. The van der Waals surface area contributed by atoms with Crippen LogP contribution in [-0.4, -0.2) is 50.0 Å². The maximum absolute atomic E-state index is 14.3. The normalized spacial score (nSPS) is 14.7. The summed E-state index contributed by atoms with van der Waals surface area (Å²) in [7, 11) is -3.81. The molecule has 3 aromatic carbocycles. The largest absolute Gasteiger partial charge is 0.352 e. The van der Waals surface area contributed by atoms with E-state index in [2.05, 4.69) is 5.32 Å². The maximum Gasteiger partial charge on any atom is 0.244 e. The quantitative estimate of drug-likeness (QED) is 0.322. The van der Waals surface area contributed by atoms with Crippen LogP contribution < -0.4 is 9.62 Å². The standard InChI is InChI=1S/C34H43N3O4S/c1-25-18-20-29(21-19-25)23-36(32(38)24-37(42(4,40)41)33-26(2)12-11-13-27(33)3)31(22-28-14-7-5-8-15-28)34(39)35-30-16-9-6-10-17-30/h5,7-8,11-15,18-21,30-31H,6,9-10,16-17,22-24H2,1-4H3,(H,35,39). The Morgan fingerprint density at radius 2 is 1.45 bits per heavy atom. The molecule has 8 heteroatoms. The lowest BCUT2D eigenvalue weighted by Gasteiger charge is -2.35. The Morgan fingerprint density at radius 1 is 0.833 bits per heavy atom. The van der Waals surface area contributed by atoms with Crippen molar-refractivity contribution in [3.63, 3.8) is 0 Å². The molecule has 0 saturated heterocycles. The lowest BCUT2D eigenvalue weighted by molar-refractivity contribution is -0.140. The van der Waals surface area contributed by atoms with Crippen molar-refractivity contribution in [1.29, 1.82) is 0 Å². The molecular formula is C34H43N3O4S. The fraction of sp³-hybridized carbons (Fsp3) is 0.412. The fourth-order valence-corrected chi connectivity index (χ4v) is 6.73. The molecule has 3 aromatic rings. The smallest absolute Gasteiger partial charge is 0.244 e. The van der Waals surface area contributed by atoms with Gasteiger partial charge in [0.05, 0.1) is 11.9 Å². The van der Waals surface area contributed by atoms with Gasteiger partial charge in [-0.25, -0.2) is 8.42 Å². The molecule has 0 aromatic heterocycles. The van der Waals surface area contributed by atoms with Crippen LogP contribution >= 0.6 is 0 Å². The van der Waals surface area contributed by atoms with Crippen molar-refractivity contribution in [2.24, 2.45) is 0 Å². The zero-order valence-electron chi connectivity index (χ0n) is 25.2. The van der Waals surface area contributed by atoms with E-state index in [4.69, 9.17) is 0 Å². The van der Waals surface area contributed by atoms with Gasteiger partial charge >= 0.3 is 0 Å². The van der Waals surface area contributed by atoms with Gasteiger partial charge < -0.3 is 10.2 Å². The first-order valence-electron chi connectivity index (χ1n) is 14.8. The summed E-state index contributed by atoms with van der Waals surface area (Å²) < 4.78 is 27.4. The summed E-state index contributed by atoms with van der Waals surface area (Å²) in [4.78, 5) is 29.9. The van der Waals surface area contributed by atoms with Crippen molar-refractivity contribution >= 4 is 27.5 Å². The Morgan fingerprint density at radius 3 is 2.05 bits per heavy atom. The van der Waals surface area contributed by atoms with Gasteiger partial charge in [-0.05, 0) is 55.9 Å². The molecule has 0 radical (unpaired) electrons. The summed E-state index contributed by atoms with van der Waals surface area (Å²) in [6, 6.07) is 22.3. The van der Waals surface area contributed by atoms with Crippen LogP contribution in [0.25, 0.3) is 0 Å². The maximum atomic E-state index is 14.3. The number of sulfonamides is 1. The van der Waals surface area contributed by atoms with Gasteiger partial charge in [-0.2, -0.15) is 0 Å². The molecule has 1 N–H and O–H groups in total. The molecule has 4 rings (SSSR count). The van der Waals surface area contributed by atoms with Crippen LogP contribution in [0.5, 0.6) is 0 Å². The van der Waals surface area contributed by atoms with E-state index in [9.17, 15) is 18.0 Å². The molecule has 7 nitrogen and oxygen atoms in total. The predicted octanol–water partition coefficient (Wildman–Crippen LogP) is 5.47. The van der Waals surface area contributed by atoms with Crippen molar-refractivity contribution in [2.75, 3.05) is 17.1 Å². The molecule has 0 spiro atoms. The van der Waals surface area contributed by atoms with Gasteiger partial charge in [-0.1, -0.05) is 97.6 Å². The van der Waals surface area contributed by atoms with Crippen LogP contribution in [0.3, 0.4) is 0 Å². The number of benzene rings is 3. The zero-order valence-corrected chi connectivity index (χ0v) is 26.0. The molecule has 224 valence electrons. The number of para-hydroxylation sites is 1. The molecule has 0 heterocycles. The molecule has 1 unspecified atom stereocenters. The summed E-state index contributed by atoms with van der Waals surface area (Å²) in [5, 5.41) is 3.24. The zero-order chi connectivity index (χ0) is 30.3. The Balaban J connectivity index is 1.74. The van der Waals surface area contributed by atoms with Crippen molar-refractivity contribution in [3.05, 3.63) is 101 Å². The molecular weight excluding hydrogens is 546 g/mol. The first-order chi connectivity index (χ1) is 20.0. The van der Waals surface area contributed by atoms with Gasteiger partial charge in [0.1, 0.15) is 12.6 Å². The highest BCUT2D eigenvalue weighted by atomic mass is 32.2. The second-order valence-corrected chi connectivity index (χ2v) is 13.5. The Kier molecular flexibility index (Phi) is 10.4. The Labute approximate surface area is 251 Å². The number of carbonyl (C=O) groups excluding carboxylic acids is 2. The van der Waals surface area contributed by atoms with Gasteiger partial charge in [0, 0.05) is 19.0 Å². The predicted molar refractivity (Wildman–Crippen MR) is 169 cm³/mol. The van der Waals surface area contributed by atoms with E-state index in [-0.39, 0.29) is 18.5 Å². The van der Waals surface area contributed by atoms with E-state index in [1.807, 2.05) is 93.6 Å². The van der Waals surface area contributed by atoms with Gasteiger partial charge in [0.15, 0.2) is 0 Å². The van der Waals surface area contributed by atoms with Crippen molar-refractivity contribution < 1.29 is 18.0 Å². The summed E-state index contributed by atoms with van der Waals surface area (Å²) in [6.45, 7) is 5.45. The van der Waals surface area contributed by atoms with E-state index in [1.165, 1.54) is 4.31 Å². The summed E-state index contributed by atoms with van der Waals surface area (Å²) in [5.41, 5.74) is 4.90. The van der Waals surface area contributed by atoms with E-state index >= 15 is 0 Å². The van der Waals surface area contributed by atoms with Crippen molar-refractivity contribution in [3.8, 4) is 0 Å². The number of amides is 2. The molecule has 0 aliphatic heterocycles. The molecule has 0 bridgehead atoms. The first-order valence-corrected chi connectivity index (χ1v) is 16.6. The minimum absolute atomic E-state index is 0.0722. The third-order valence-corrected chi connectivity index (χ3v) is 9.18. The van der Waals surface area contributed by atoms with Crippen LogP contribution in [0.2, 0.25) is 0 Å². The Hall–Kier alpha value is -3.65. The lowest BCUT2D eigenvalue weighted by Crippen LogP contribution is -2.55. The summed E-state index contributed by atoms with van der Waals surface area (Å²) in [5.74, 6) is -0.632. The number of nitrogens with zero attached hydrogens (tertiary/aromatic N) is 2. The third-order valence-electron chi connectivity index (χ3n) is 8.06. The average molecular weight is 590 g/mol. The van der Waals surface area contributed by atoms with Gasteiger partial charge in [-0.3, -0.25) is 13.9 Å². The molecule has 42 heavy (non-hydrogen) atoms. The highest BCUT2D eigenvalue weighted by molar-refractivity contribution is 7.92. The molecule has 1 saturated carbocycles. The molecule has 1 aliphatic carbocycles. The first kappa shape index (κ1) is 31.3. The van der Waals surface area contributed by atoms with Crippen LogP contribution in [0.15, 0.2) is 72.8 Å². The average Bonchev–Trinajstić information content (AvgIpc) is 2.95. The molecule has 1 aliphatic rings. The number of carbonyl (C=O) groups is 2. The highest BCUT2D eigenvalue weighted by Crippen LogP contribution is 2.27. The molecule has 2 amide bonds. The fourth-order valence-electron chi connectivity index (χ4n) is 5.76. The Bertz CT molecular complexity index is 1450. The summed E-state index contributed by atoms with van der Waals surface area (Å²) in [6.07, 6.45) is 6.58. The monoisotopic (exact) mass is 589 g/mol. The third kappa shape index (κ3) is 8.22. The number of nitrogens with one attached hydrogen (secondary N) is 1. The number of aryl methyl sites for hydroxylation is 3. The molecule has 1 fully saturated rings. The number of hydrogen-bond donors (Lipinski definition) is 1. The topological polar surface area (TPSA) is 86.8 Å². The summed E-state index contributed by atoms with van der Waals surface area (Å²) >= 11 is 0. The number of rotatable bonds is 11. The van der Waals surface area contributed by atoms with Crippen LogP contribution in [0.4, 0.5) is 5.69 Å². The minimum atomic E-state index is -3.81. The van der Waals surface area contributed by atoms with Gasteiger partial charge in [-0.15, -0.1) is 0 Å². The number of anilines is 1. The minimum Gasteiger partial charge on any atom is -0.352 e. The highest BCUT2D eigenvalue weighted by Gasteiger charge is 2.34. The van der Waals surface area contributed by atoms with Crippen LogP contribution in [-0.2, 0) is 32.6 Å². The van der Waals surface area contributed by atoms with E-state index in [1.54, 1.807) is 4.90 Å². The second kappa shape index (κ2) is 14.0. The van der Waals surface area contributed by atoms with Crippen LogP contribution in [0, 0.1) is 20.8 Å². The van der Waals surface area contributed by atoms with Crippen molar-refractivity contribution in [2.45, 2.75) is 77.9 Å². The van der Waals surface area contributed by atoms with Gasteiger partial charge in [0.2, 0.25) is 21.8 Å². The second-order valence-electron chi connectivity index (χ2n) is 11.6. The van der Waals surface area contributed by atoms with E-state index in [0.29, 0.717) is 12.1 Å². The van der Waals surface area contributed by atoms with Gasteiger partial charge in [0.25, 0.3) is 0 Å². The lowest BCUT2D eigenvalue weighted by atomic mass is 9.94. The van der Waals surface area contributed by atoms with E-state index in [0.717, 1.165) is 66.2 Å². The number of hydrogen-bond acceptors (Lipinski definition) is 4.